The van der Waals surface area contributed by atoms with Gasteiger partial charge in [-0.25, -0.2) is 9.50 Å². The molecule has 3 heterocycles. The third kappa shape index (κ3) is 3.75. The number of rotatable bonds is 5. The molecule has 0 aliphatic carbocycles. The number of anilines is 2. The van der Waals surface area contributed by atoms with Gasteiger partial charge in [0.05, 0.1) is 24.4 Å². The minimum absolute atomic E-state index is 0.243. The largest absolute Gasteiger partial charge is 0.354 e. The van der Waals surface area contributed by atoms with Crippen molar-refractivity contribution in [1.29, 1.82) is 5.26 Å². The monoisotopic (exact) mass is 383 g/mol. The smallest absolute Gasteiger partial charge is 0.269 e. The van der Waals surface area contributed by atoms with Gasteiger partial charge in [0.1, 0.15) is 5.69 Å². The van der Waals surface area contributed by atoms with Crippen LogP contribution in [-0.4, -0.2) is 32.5 Å². The van der Waals surface area contributed by atoms with Gasteiger partial charge in [-0.2, -0.15) is 10.2 Å². The fourth-order valence-electron chi connectivity index (χ4n) is 2.94. The van der Waals surface area contributed by atoms with E-state index in [1.807, 2.05) is 42.6 Å². The second-order valence-electron chi connectivity index (χ2n) is 6.29. The first-order chi connectivity index (χ1) is 14.2. The normalized spacial score (nSPS) is 10.5. The Labute approximate surface area is 166 Å². The SMILES string of the molecule is CNC(=O)c1ccc(Nc2nc3c(-c4ccc(CC#N)cc4)cccn3n2)cn1. The van der Waals surface area contributed by atoms with Crippen LogP contribution in [-0.2, 0) is 6.42 Å². The Bertz CT molecular complexity index is 1200. The van der Waals surface area contributed by atoms with Gasteiger partial charge in [0.2, 0.25) is 5.95 Å². The van der Waals surface area contributed by atoms with Crippen LogP contribution in [0.15, 0.2) is 60.9 Å². The lowest BCUT2D eigenvalue weighted by Crippen LogP contribution is -2.18. The number of pyridine rings is 2. The molecule has 0 atom stereocenters. The fourth-order valence-corrected chi connectivity index (χ4v) is 2.94. The van der Waals surface area contributed by atoms with E-state index in [0.717, 1.165) is 16.7 Å². The van der Waals surface area contributed by atoms with E-state index in [4.69, 9.17) is 5.26 Å². The molecule has 1 aromatic carbocycles. The molecule has 4 rings (SSSR count). The van der Waals surface area contributed by atoms with Gasteiger partial charge in [0, 0.05) is 18.8 Å². The van der Waals surface area contributed by atoms with Crippen LogP contribution in [0.5, 0.6) is 0 Å². The zero-order valence-electron chi connectivity index (χ0n) is 15.6. The Kier molecular flexibility index (Phi) is 4.86. The Morgan fingerprint density at radius 2 is 2.00 bits per heavy atom. The Morgan fingerprint density at radius 1 is 1.17 bits per heavy atom. The van der Waals surface area contributed by atoms with Gasteiger partial charge >= 0.3 is 0 Å². The lowest BCUT2D eigenvalue weighted by Gasteiger charge is -2.03. The van der Waals surface area contributed by atoms with Gasteiger partial charge in [0.25, 0.3) is 5.91 Å². The molecule has 0 saturated heterocycles. The molecule has 142 valence electrons. The molecule has 2 N–H and O–H groups in total. The van der Waals surface area contributed by atoms with Crippen molar-refractivity contribution in [1.82, 2.24) is 24.9 Å². The maximum atomic E-state index is 11.6. The van der Waals surface area contributed by atoms with Crippen LogP contribution < -0.4 is 10.6 Å². The summed E-state index contributed by atoms with van der Waals surface area (Å²) in [6.45, 7) is 0. The number of nitrogens with zero attached hydrogens (tertiary/aromatic N) is 5. The second kappa shape index (κ2) is 7.78. The van der Waals surface area contributed by atoms with Crippen molar-refractivity contribution in [3.63, 3.8) is 0 Å². The molecule has 4 aromatic rings. The average Bonchev–Trinajstić information content (AvgIpc) is 3.17. The Morgan fingerprint density at radius 3 is 2.69 bits per heavy atom. The Hall–Kier alpha value is -4.25. The van der Waals surface area contributed by atoms with Crippen molar-refractivity contribution in [2.45, 2.75) is 6.42 Å². The molecule has 0 unspecified atom stereocenters. The standard InChI is InChI=1S/C21H17N7O/c1-23-20(29)18-9-8-16(13-24-18)25-21-26-19-17(3-2-12-28(19)27-21)15-6-4-14(5-7-15)10-11-22/h2-9,12-13H,10H2,1H3,(H,23,29)(H,25,27). The summed E-state index contributed by atoms with van der Waals surface area (Å²) in [5.74, 6) is 0.181. The van der Waals surface area contributed by atoms with E-state index < -0.39 is 0 Å². The van der Waals surface area contributed by atoms with E-state index in [-0.39, 0.29) is 5.91 Å². The maximum Gasteiger partial charge on any atom is 0.269 e. The van der Waals surface area contributed by atoms with Gasteiger partial charge in [-0.15, -0.1) is 5.10 Å². The molecule has 0 bridgehead atoms. The van der Waals surface area contributed by atoms with E-state index in [1.165, 1.54) is 0 Å². The maximum absolute atomic E-state index is 11.6. The minimum Gasteiger partial charge on any atom is -0.354 e. The number of fused-ring (bicyclic) bond motifs is 1. The highest BCUT2D eigenvalue weighted by molar-refractivity contribution is 5.92. The van der Waals surface area contributed by atoms with Gasteiger partial charge in [-0.05, 0) is 35.4 Å². The molecule has 0 radical (unpaired) electrons. The highest BCUT2D eigenvalue weighted by Gasteiger charge is 2.11. The molecular weight excluding hydrogens is 366 g/mol. The van der Waals surface area contributed by atoms with E-state index in [2.05, 4.69) is 31.8 Å². The summed E-state index contributed by atoms with van der Waals surface area (Å²) in [5, 5.41) is 18.9. The number of nitrogens with one attached hydrogen (secondary N) is 2. The fraction of sp³-hybridized carbons (Fsp3) is 0.0952. The van der Waals surface area contributed by atoms with Crippen LogP contribution in [0, 0.1) is 11.3 Å². The highest BCUT2D eigenvalue weighted by Crippen LogP contribution is 2.25. The highest BCUT2D eigenvalue weighted by atomic mass is 16.1. The van der Waals surface area contributed by atoms with Crippen LogP contribution in [0.4, 0.5) is 11.6 Å². The van der Waals surface area contributed by atoms with Crippen LogP contribution in [0.25, 0.3) is 16.8 Å². The number of benzene rings is 1. The number of hydrogen-bond acceptors (Lipinski definition) is 6. The van der Waals surface area contributed by atoms with Crippen LogP contribution >= 0.6 is 0 Å². The molecule has 0 aliphatic rings. The molecule has 3 aromatic heterocycles. The van der Waals surface area contributed by atoms with Crippen LogP contribution in [0.1, 0.15) is 16.1 Å². The van der Waals surface area contributed by atoms with Gasteiger partial charge in [0.15, 0.2) is 5.65 Å². The van der Waals surface area contributed by atoms with E-state index >= 15 is 0 Å². The van der Waals surface area contributed by atoms with Crippen molar-refractivity contribution in [3.05, 3.63) is 72.2 Å². The molecule has 0 saturated carbocycles. The van der Waals surface area contributed by atoms with E-state index in [0.29, 0.717) is 29.4 Å². The van der Waals surface area contributed by atoms with Crippen LogP contribution in [0.2, 0.25) is 0 Å². The lowest BCUT2D eigenvalue weighted by atomic mass is 10.0. The minimum atomic E-state index is -0.243. The average molecular weight is 383 g/mol. The van der Waals surface area contributed by atoms with Gasteiger partial charge in [-0.3, -0.25) is 4.79 Å². The zero-order valence-corrected chi connectivity index (χ0v) is 15.6. The van der Waals surface area contributed by atoms with Crippen molar-refractivity contribution in [3.8, 4) is 17.2 Å². The topological polar surface area (TPSA) is 108 Å². The summed E-state index contributed by atoms with van der Waals surface area (Å²) in [5.41, 5.74) is 4.62. The van der Waals surface area contributed by atoms with E-state index in [9.17, 15) is 4.79 Å². The first-order valence-electron chi connectivity index (χ1n) is 8.95. The van der Waals surface area contributed by atoms with Crippen molar-refractivity contribution in [2.24, 2.45) is 0 Å². The molecule has 0 spiro atoms. The third-order valence-electron chi connectivity index (χ3n) is 4.39. The Balaban J connectivity index is 1.62. The van der Waals surface area contributed by atoms with Crippen LogP contribution in [0.3, 0.4) is 0 Å². The van der Waals surface area contributed by atoms with E-state index in [1.54, 1.807) is 29.9 Å². The van der Waals surface area contributed by atoms with Crippen molar-refractivity contribution < 1.29 is 4.79 Å². The summed E-state index contributed by atoms with van der Waals surface area (Å²) in [6, 6.07) is 17.3. The third-order valence-corrected chi connectivity index (χ3v) is 4.39. The van der Waals surface area contributed by atoms with Gasteiger partial charge in [-0.1, -0.05) is 24.3 Å². The molecule has 0 fully saturated rings. The molecular formula is C21H17N7O. The number of aromatic nitrogens is 4. The molecule has 8 heteroatoms. The van der Waals surface area contributed by atoms with Gasteiger partial charge < -0.3 is 10.6 Å². The summed E-state index contributed by atoms with van der Waals surface area (Å²) >= 11 is 0. The summed E-state index contributed by atoms with van der Waals surface area (Å²) in [4.78, 5) is 20.3. The molecule has 8 nitrogen and oxygen atoms in total. The molecule has 29 heavy (non-hydrogen) atoms. The van der Waals surface area contributed by atoms with Crippen molar-refractivity contribution >= 4 is 23.2 Å². The lowest BCUT2D eigenvalue weighted by molar-refractivity contribution is 0.0958. The summed E-state index contributed by atoms with van der Waals surface area (Å²) < 4.78 is 1.70. The molecule has 1 amide bonds. The summed E-state index contributed by atoms with van der Waals surface area (Å²) in [7, 11) is 1.56. The van der Waals surface area contributed by atoms with Crippen molar-refractivity contribution in [2.75, 3.05) is 12.4 Å². The summed E-state index contributed by atoms with van der Waals surface area (Å²) in [6.07, 6.45) is 3.77. The predicted octanol–water partition coefficient (Wildman–Crippen LogP) is 2.96. The molecule has 0 aliphatic heterocycles. The zero-order chi connectivity index (χ0) is 20.2. The predicted molar refractivity (Wildman–Crippen MR) is 109 cm³/mol. The first kappa shape index (κ1) is 18.1. The second-order valence-corrected chi connectivity index (χ2v) is 6.29. The number of carbonyl (C=O) groups is 1. The number of nitriles is 1. The number of amides is 1. The quantitative estimate of drug-likeness (QED) is 0.548. The number of carbonyl (C=O) groups excluding carboxylic acids is 1. The number of hydrogen-bond donors (Lipinski definition) is 2. The first-order valence-corrected chi connectivity index (χ1v) is 8.95.